The predicted molar refractivity (Wildman–Crippen MR) is 133 cm³/mol. The zero-order chi connectivity index (χ0) is 22.6. The van der Waals surface area contributed by atoms with Gasteiger partial charge in [0.1, 0.15) is 0 Å². The van der Waals surface area contributed by atoms with Crippen molar-refractivity contribution in [3.63, 3.8) is 0 Å². The monoisotopic (exact) mass is 528 g/mol. The Morgan fingerprint density at radius 3 is 2.00 bits per heavy atom. The van der Waals surface area contributed by atoms with Crippen LogP contribution in [0.5, 0.6) is 0 Å². The summed E-state index contributed by atoms with van der Waals surface area (Å²) in [6.45, 7) is 7.24. The predicted octanol–water partition coefficient (Wildman–Crippen LogP) is 7.44. The molecule has 0 heterocycles. The average Bonchev–Trinajstić information content (AvgIpc) is 2.77. The summed E-state index contributed by atoms with van der Waals surface area (Å²) in [5, 5.41) is 0. The summed E-state index contributed by atoms with van der Waals surface area (Å²) in [6.07, 6.45) is 3.99. The van der Waals surface area contributed by atoms with Gasteiger partial charge in [0.15, 0.2) is 0 Å². The first-order chi connectivity index (χ1) is 14.8. The minimum absolute atomic E-state index is 0.0882. The molecule has 2 nitrogen and oxygen atoms in total. The number of carbonyl (C=O) groups excluding carboxylic acids is 1. The molecule has 0 unspecified atom stereocenters. The van der Waals surface area contributed by atoms with Crippen molar-refractivity contribution in [1.29, 1.82) is 0 Å². The second kappa shape index (κ2) is 10.5. The van der Waals surface area contributed by atoms with Crippen LogP contribution in [0.1, 0.15) is 61.0 Å². The van der Waals surface area contributed by atoms with Gasteiger partial charge in [-0.2, -0.15) is 0 Å². The first-order valence-corrected chi connectivity index (χ1v) is 21.0. The molecule has 3 heteroatoms. The van der Waals surface area contributed by atoms with Gasteiger partial charge in [-0.25, -0.2) is 0 Å². The molecule has 0 radical (unpaired) electrons. The van der Waals surface area contributed by atoms with Crippen LogP contribution in [0.4, 0.5) is 0 Å². The number of benzene rings is 2. The Hall–Kier alpha value is -1.29. The molecule has 2 aromatic carbocycles. The summed E-state index contributed by atoms with van der Waals surface area (Å²) >= 11 is -2.94. The van der Waals surface area contributed by atoms with Crippen LogP contribution in [0.25, 0.3) is 0 Å². The van der Waals surface area contributed by atoms with Crippen molar-refractivity contribution in [2.24, 2.45) is 17.8 Å². The molecule has 1 saturated carbocycles. The zero-order valence-electron chi connectivity index (χ0n) is 20.2. The van der Waals surface area contributed by atoms with E-state index in [0.717, 1.165) is 21.3 Å². The van der Waals surface area contributed by atoms with Crippen LogP contribution >= 0.6 is 0 Å². The van der Waals surface area contributed by atoms with Gasteiger partial charge in [-0.15, -0.1) is 0 Å². The molecule has 1 aliphatic carbocycles. The third-order valence-electron chi connectivity index (χ3n) is 7.89. The Morgan fingerprint density at radius 2 is 1.48 bits per heavy atom. The summed E-state index contributed by atoms with van der Waals surface area (Å²) in [5.41, 5.74) is 2.42. The molecule has 168 valence electrons. The van der Waals surface area contributed by atoms with E-state index in [0.29, 0.717) is 5.92 Å². The van der Waals surface area contributed by atoms with Gasteiger partial charge in [0.2, 0.25) is 0 Å². The molecule has 3 rings (SSSR count). The second-order valence-corrected chi connectivity index (χ2v) is 24.8. The second-order valence-electron chi connectivity index (χ2n) is 10.6. The topological polar surface area (TPSA) is 26.3 Å². The van der Waals surface area contributed by atoms with E-state index in [2.05, 4.69) is 85.2 Å². The van der Waals surface area contributed by atoms with Crippen LogP contribution in [-0.2, 0) is 9.53 Å². The Morgan fingerprint density at radius 1 is 0.935 bits per heavy atom. The molecule has 5 atom stereocenters. The van der Waals surface area contributed by atoms with E-state index in [1.54, 1.807) is 7.11 Å². The standard InChI is InChI=1S/C16H15O2.C10H19.2CH3.Sn/c1-18-16(17)15(14-10-6-3-7-11-14)12-13-8-4-2-5-9-13;1-8(2)10-6-4-9(3)5-7-10;;;/h2-12,15H,1H3;6,8-10H,4-5,7H2,1-3H3;2*1H3;/t15-;9-,10-;;;/m10.../s1. The first-order valence-electron chi connectivity index (χ1n) is 11.9. The summed E-state index contributed by atoms with van der Waals surface area (Å²) in [5.74, 6) is 1.92. The number of rotatable bonds is 7. The molecular formula is C28H40O2Sn. The number of carbonyl (C=O) groups is 1. The van der Waals surface area contributed by atoms with Crippen molar-refractivity contribution in [2.45, 2.75) is 63.7 Å². The Labute approximate surface area is 193 Å². The van der Waals surface area contributed by atoms with E-state index < -0.39 is 18.4 Å². The first kappa shape index (κ1) is 24.4. The van der Waals surface area contributed by atoms with Crippen molar-refractivity contribution < 1.29 is 9.53 Å². The molecule has 0 saturated heterocycles. The molecular weight excluding hydrogens is 487 g/mol. The van der Waals surface area contributed by atoms with Gasteiger partial charge in [-0.1, -0.05) is 0 Å². The molecule has 31 heavy (non-hydrogen) atoms. The van der Waals surface area contributed by atoms with Crippen molar-refractivity contribution in [3.05, 3.63) is 71.8 Å². The molecule has 0 aromatic heterocycles. The quantitative estimate of drug-likeness (QED) is 0.277. The van der Waals surface area contributed by atoms with E-state index in [4.69, 9.17) is 4.74 Å². The van der Waals surface area contributed by atoms with E-state index in [9.17, 15) is 4.79 Å². The van der Waals surface area contributed by atoms with E-state index in [1.807, 2.05) is 6.07 Å². The van der Waals surface area contributed by atoms with Gasteiger partial charge in [-0.3, -0.25) is 0 Å². The van der Waals surface area contributed by atoms with Gasteiger partial charge in [0.25, 0.3) is 0 Å². The van der Waals surface area contributed by atoms with Crippen LogP contribution < -0.4 is 0 Å². The van der Waals surface area contributed by atoms with Crippen molar-refractivity contribution in [1.82, 2.24) is 0 Å². The number of hydrogen-bond acceptors (Lipinski definition) is 2. The normalized spacial score (nSPS) is 23.9. The molecule has 0 N–H and O–H groups in total. The molecule has 1 aliphatic rings. The molecule has 0 bridgehead atoms. The zero-order valence-corrected chi connectivity index (χ0v) is 23.0. The van der Waals surface area contributed by atoms with Crippen LogP contribution in [0, 0.1) is 17.8 Å². The van der Waals surface area contributed by atoms with E-state index in [1.165, 1.54) is 24.8 Å². The fourth-order valence-corrected chi connectivity index (χ4v) is 21.6. The van der Waals surface area contributed by atoms with Crippen molar-refractivity contribution in [3.8, 4) is 0 Å². The van der Waals surface area contributed by atoms with Gasteiger partial charge in [0, 0.05) is 0 Å². The summed E-state index contributed by atoms with van der Waals surface area (Å²) in [4.78, 5) is 18.6. The number of ether oxygens (including phenoxy) is 1. The summed E-state index contributed by atoms with van der Waals surface area (Å²) in [6, 6.07) is 21.2. The minimum atomic E-state index is -2.94. The fraction of sp³-hybridized carbons (Fsp3) is 0.536. The van der Waals surface area contributed by atoms with Gasteiger partial charge >= 0.3 is 194 Å². The van der Waals surface area contributed by atoms with Gasteiger partial charge < -0.3 is 0 Å². The van der Waals surface area contributed by atoms with Crippen LogP contribution in [0.2, 0.25) is 13.8 Å². The van der Waals surface area contributed by atoms with Crippen molar-refractivity contribution >= 4 is 24.3 Å². The van der Waals surface area contributed by atoms with Gasteiger partial charge in [-0.05, 0) is 0 Å². The maximum atomic E-state index is 13.3. The molecule has 0 aliphatic heterocycles. The molecule has 0 spiro atoms. The Kier molecular flexibility index (Phi) is 8.29. The third-order valence-corrected chi connectivity index (χ3v) is 21.7. The Balaban J connectivity index is 2.16. The van der Waals surface area contributed by atoms with E-state index >= 15 is 0 Å². The van der Waals surface area contributed by atoms with E-state index in [-0.39, 0.29) is 15.8 Å². The van der Waals surface area contributed by atoms with Crippen molar-refractivity contribution in [2.75, 3.05) is 7.11 Å². The molecule has 1 fully saturated rings. The molecule has 2 aromatic rings. The van der Waals surface area contributed by atoms with Crippen LogP contribution in [0.3, 0.4) is 0 Å². The van der Waals surface area contributed by atoms with Crippen LogP contribution in [0.15, 0.2) is 60.7 Å². The maximum absolute atomic E-state index is 13.3. The third kappa shape index (κ3) is 5.38. The molecule has 0 amide bonds. The summed E-state index contributed by atoms with van der Waals surface area (Å²) < 4.78 is 6.46. The van der Waals surface area contributed by atoms with Crippen LogP contribution in [-0.4, -0.2) is 31.5 Å². The number of esters is 1. The number of hydrogen-bond donors (Lipinski definition) is 0. The fourth-order valence-electron chi connectivity index (χ4n) is 6.25. The van der Waals surface area contributed by atoms with Gasteiger partial charge in [0.05, 0.1) is 0 Å². The average molecular weight is 527 g/mol. The Bertz CT molecular complexity index is 831. The number of methoxy groups -OCH3 is 1. The SMILES string of the molecule is COC(=O)[C@@H](c1ccccc1)[C@H](c1ccccc1)[Sn]([CH3])([CH3])[C@@H]1C[C@H](C)CC[C@H]1C(C)C. The summed E-state index contributed by atoms with van der Waals surface area (Å²) in [7, 11) is 1.54.